The molecular formula is C24H32N4O2. The van der Waals surface area contributed by atoms with Gasteiger partial charge in [0.2, 0.25) is 11.9 Å². The predicted molar refractivity (Wildman–Crippen MR) is 117 cm³/mol. The lowest BCUT2D eigenvalue weighted by Crippen LogP contribution is -2.27. The SMILES string of the molecule is CC(=O)N[C@@H](C)c1ccc(OC2CC[C@@H](Cc3cnc(NC4CCC4)nc3)C2)cc1. The van der Waals surface area contributed by atoms with Crippen LogP contribution in [-0.4, -0.2) is 28.0 Å². The Morgan fingerprint density at radius 1 is 1.13 bits per heavy atom. The van der Waals surface area contributed by atoms with Crippen LogP contribution in [0.2, 0.25) is 0 Å². The number of aromatic nitrogens is 2. The van der Waals surface area contributed by atoms with Gasteiger partial charge in [-0.3, -0.25) is 4.79 Å². The molecule has 0 radical (unpaired) electrons. The lowest BCUT2D eigenvalue weighted by atomic mass is 9.93. The summed E-state index contributed by atoms with van der Waals surface area (Å²) in [6.07, 6.45) is 12.3. The molecule has 4 rings (SSSR count). The van der Waals surface area contributed by atoms with E-state index in [9.17, 15) is 4.79 Å². The Morgan fingerprint density at radius 2 is 1.87 bits per heavy atom. The third-order valence-corrected chi connectivity index (χ3v) is 6.26. The zero-order chi connectivity index (χ0) is 20.9. The van der Waals surface area contributed by atoms with Crippen LogP contribution in [0.5, 0.6) is 5.75 Å². The van der Waals surface area contributed by atoms with E-state index in [0.29, 0.717) is 12.0 Å². The molecule has 6 nitrogen and oxygen atoms in total. The summed E-state index contributed by atoms with van der Waals surface area (Å²) in [5, 5.41) is 6.30. The maximum absolute atomic E-state index is 11.2. The van der Waals surface area contributed by atoms with Gasteiger partial charge in [-0.1, -0.05) is 12.1 Å². The molecule has 1 unspecified atom stereocenters. The number of carbonyl (C=O) groups is 1. The number of amides is 1. The van der Waals surface area contributed by atoms with E-state index in [1.54, 1.807) is 0 Å². The molecule has 30 heavy (non-hydrogen) atoms. The summed E-state index contributed by atoms with van der Waals surface area (Å²) >= 11 is 0. The Balaban J connectivity index is 1.23. The molecule has 1 aromatic carbocycles. The number of hydrogen-bond acceptors (Lipinski definition) is 5. The molecule has 1 heterocycles. The number of ether oxygens (including phenoxy) is 1. The third-order valence-electron chi connectivity index (χ3n) is 6.26. The van der Waals surface area contributed by atoms with Gasteiger partial charge in [0.25, 0.3) is 0 Å². The molecule has 160 valence electrons. The van der Waals surface area contributed by atoms with E-state index in [-0.39, 0.29) is 18.1 Å². The minimum Gasteiger partial charge on any atom is -0.490 e. The summed E-state index contributed by atoms with van der Waals surface area (Å²) in [4.78, 5) is 20.2. The highest BCUT2D eigenvalue weighted by Crippen LogP contribution is 2.32. The van der Waals surface area contributed by atoms with E-state index in [4.69, 9.17) is 4.74 Å². The van der Waals surface area contributed by atoms with Gasteiger partial charge in [-0.2, -0.15) is 0 Å². The van der Waals surface area contributed by atoms with Crippen LogP contribution in [0.3, 0.4) is 0 Å². The van der Waals surface area contributed by atoms with Crippen LogP contribution < -0.4 is 15.4 Å². The fourth-order valence-electron chi connectivity index (χ4n) is 4.34. The molecule has 2 N–H and O–H groups in total. The van der Waals surface area contributed by atoms with Gasteiger partial charge in [-0.25, -0.2) is 9.97 Å². The number of benzene rings is 1. The van der Waals surface area contributed by atoms with Crippen molar-refractivity contribution in [2.75, 3.05) is 5.32 Å². The van der Waals surface area contributed by atoms with Crippen LogP contribution in [0.1, 0.15) is 69.5 Å². The van der Waals surface area contributed by atoms with Gasteiger partial charge >= 0.3 is 0 Å². The lowest BCUT2D eigenvalue weighted by Gasteiger charge is -2.26. The first-order valence-corrected chi connectivity index (χ1v) is 11.2. The summed E-state index contributed by atoms with van der Waals surface area (Å²) in [6, 6.07) is 8.62. The lowest BCUT2D eigenvalue weighted by molar-refractivity contribution is -0.119. The first-order valence-electron chi connectivity index (χ1n) is 11.2. The predicted octanol–water partition coefficient (Wildman–Crippen LogP) is 4.43. The summed E-state index contributed by atoms with van der Waals surface area (Å²) in [5.74, 6) is 2.25. The third kappa shape index (κ3) is 5.49. The van der Waals surface area contributed by atoms with Crippen LogP contribution in [0.25, 0.3) is 0 Å². The standard InChI is InChI=1S/C24H32N4O2/c1-16(27-17(2)29)20-7-10-22(11-8-20)30-23-9-6-18(13-23)12-19-14-25-24(26-15-19)28-21-4-3-5-21/h7-8,10-11,14-16,18,21,23H,3-6,9,12-13H2,1-2H3,(H,27,29)(H,25,26,28)/t16-,18-,23?/m0/s1. The summed E-state index contributed by atoms with van der Waals surface area (Å²) in [5.41, 5.74) is 2.29. The molecule has 0 bridgehead atoms. The molecule has 2 saturated carbocycles. The molecule has 3 atom stereocenters. The van der Waals surface area contributed by atoms with Gasteiger partial charge in [-0.15, -0.1) is 0 Å². The van der Waals surface area contributed by atoms with Gasteiger partial charge < -0.3 is 15.4 Å². The summed E-state index contributed by atoms with van der Waals surface area (Å²) in [7, 11) is 0. The molecule has 6 heteroatoms. The Kier molecular flexibility index (Phi) is 6.50. The molecule has 2 aliphatic rings. The van der Waals surface area contributed by atoms with E-state index in [0.717, 1.165) is 36.5 Å². The second kappa shape index (κ2) is 9.45. The average Bonchev–Trinajstić information content (AvgIpc) is 3.13. The van der Waals surface area contributed by atoms with Gasteiger partial charge in [0.1, 0.15) is 5.75 Å². The largest absolute Gasteiger partial charge is 0.490 e. The molecular weight excluding hydrogens is 376 g/mol. The van der Waals surface area contributed by atoms with Gasteiger partial charge in [-0.05, 0) is 81.0 Å². The molecule has 0 aliphatic heterocycles. The second-order valence-electron chi connectivity index (χ2n) is 8.80. The smallest absolute Gasteiger partial charge is 0.222 e. The van der Waals surface area contributed by atoms with E-state index >= 15 is 0 Å². The van der Waals surface area contributed by atoms with Crippen molar-refractivity contribution in [3.05, 3.63) is 47.8 Å². The topological polar surface area (TPSA) is 76.1 Å². The number of anilines is 1. The van der Waals surface area contributed by atoms with Crippen LogP contribution in [0.4, 0.5) is 5.95 Å². The molecule has 2 aliphatic carbocycles. The maximum atomic E-state index is 11.2. The molecule has 2 fully saturated rings. The van der Waals surface area contributed by atoms with Crippen molar-refractivity contribution in [3.8, 4) is 5.75 Å². The highest BCUT2D eigenvalue weighted by Gasteiger charge is 2.26. The minimum absolute atomic E-state index is 0.00457. The maximum Gasteiger partial charge on any atom is 0.222 e. The van der Waals surface area contributed by atoms with Crippen molar-refractivity contribution in [1.29, 1.82) is 0 Å². The molecule has 0 saturated heterocycles. The van der Waals surface area contributed by atoms with Gasteiger partial charge in [0, 0.05) is 25.4 Å². The first-order chi connectivity index (χ1) is 14.5. The normalized spacial score (nSPS) is 22.2. The van der Waals surface area contributed by atoms with Crippen molar-refractivity contribution in [3.63, 3.8) is 0 Å². The van der Waals surface area contributed by atoms with E-state index in [2.05, 4.69) is 20.6 Å². The monoisotopic (exact) mass is 408 g/mol. The highest BCUT2D eigenvalue weighted by atomic mass is 16.5. The van der Waals surface area contributed by atoms with Crippen LogP contribution in [0.15, 0.2) is 36.7 Å². The summed E-state index contributed by atoms with van der Waals surface area (Å²) in [6.45, 7) is 3.52. The fraction of sp³-hybridized carbons (Fsp3) is 0.542. The van der Waals surface area contributed by atoms with Crippen molar-refractivity contribution in [2.45, 2.75) is 77.0 Å². The van der Waals surface area contributed by atoms with E-state index < -0.39 is 0 Å². The highest BCUT2D eigenvalue weighted by molar-refractivity contribution is 5.73. The number of carbonyl (C=O) groups excluding carboxylic acids is 1. The van der Waals surface area contributed by atoms with Crippen molar-refractivity contribution >= 4 is 11.9 Å². The Bertz CT molecular complexity index is 833. The van der Waals surface area contributed by atoms with Gasteiger partial charge in [0.05, 0.1) is 12.1 Å². The first kappa shape index (κ1) is 20.6. The Morgan fingerprint density at radius 3 is 2.50 bits per heavy atom. The molecule has 1 amide bonds. The number of rotatable bonds is 8. The summed E-state index contributed by atoms with van der Waals surface area (Å²) < 4.78 is 6.21. The van der Waals surface area contributed by atoms with Crippen molar-refractivity contribution in [2.24, 2.45) is 5.92 Å². The number of nitrogens with one attached hydrogen (secondary N) is 2. The van der Waals surface area contributed by atoms with Crippen LogP contribution in [0, 0.1) is 5.92 Å². The fourth-order valence-corrected chi connectivity index (χ4v) is 4.34. The van der Waals surface area contributed by atoms with Crippen LogP contribution >= 0.6 is 0 Å². The average molecular weight is 409 g/mol. The molecule has 2 aromatic rings. The van der Waals surface area contributed by atoms with E-state index in [1.807, 2.05) is 43.6 Å². The number of nitrogens with zero attached hydrogens (tertiary/aromatic N) is 2. The Hall–Kier alpha value is -2.63. The second-order valence-corrected chi connectivity index (χ2v) is 8.80. The van der Waals surface area contributed by atoms with E-state index in [1.165, 1.54) is 38.2 Å². The minimum atomic E-state index is -0.0190. The molecule has 0 spiro atoms. The van der Waals surface area contributed by atoms with Gasteiger partial charge in [0.15, 0.2) is 0 Å². The zero-order valence-electron chi connectivity index (χ0n) is 17.9. The van der Waals surface area contributed by atoms with Crippen molar-refractivity contribution in [1.82, 2.24) is 15.3 Å². The van der Waals surface area contributed by atoms with Crippen LogP contribution in [-0.2, 0) is 11.2 Å². The zero-order valence-corrected chi connectivity index (χ0v) is 17.9. The van der Waals surface area contributed by atoms with Crippen molar-refractivity contribution < 1.29 is 9.53 Å². The Labute approximate surface area is 178 Å². The quantitative estimate of drug-likeness (QED) is 0.676. The molecule has 1 aromatic heterocycles. The number of hydrogen-bond donors (Lipinski definition) is 2.